The van der Waals surface area contributed by atoms with Gasteiger partial charge in [0.1, 0.15) is 11.2 Å². The van der Waals surface area contributed by atoms with Crippen LogP contribution in [0.25, 0.3) is 86.6 Å². The van der Waals surface area contributed by atoms with Crippen LogP contribution in [0.5, 0.6) is 0 Å². The molecule has 0 saturated carbocycles. The molecule has 0 bridgehead atoms. The van der Waals surface area contributed by atoms with Gasteiger partial charge in [-0.25, -0.2) is 0 Å². The van der Waals surface area contributed by atoms with Crippen molar-refractivity contribution in [1.29, 1.82) is 0 Å². The monoisotopic (exact) mass is 745 g/mol. The number of rotatable bonds is 7. The molecule has 57 heavy (non-hydrogen) atoms. The van der Waals surface area contributed by atoms with Crippen LogP contribution in [0.15, 0.2) is 217 Å². The minimum Gasteiger partial charge on any atom is -0.455 e. The summed E-state index contributed by atoms with van der Waals surface area (Å²) in [5, 5.41) is 4.83. The van der Waals surface area contributed by atoms with Crippen molar-refractivity contribution in [1.82, 2.24) is 0 Å². The molecule has 0 aliphatic rings. The number of thiophene rings is 1. The minimum atomic E-state index is 0.890. The lowest BCUT2D eigenvalue weighted by Gasteiger charge is -2.27. The normalized spacial score (nSPS) is 11.5. The van der Waals surface area contributed by atoms with Crippen LogP contribution in [-0.4, -0.2) is 0 Å². The third-order valence-electron chi connectivity index (χ3n) is 11.1. The lowest BCUT2D eigenvalue weighted by Crippen LogP contribution is -2.10. The van der Waals surface area contributed by atoms with Gasteiger partial charge in [0.25, 0.3) is 0 Å². The Morgan fingerprint density at radius 3 is 1.60 bits per heavy atom. The summed E-state index contributed by atoms with van der Waals surface area (Å²) in [6.07, 6.45) is 0. The highest BCUT2D eigenvalue weighted by Gasteiger charge is 2.21. The summed E-state index contributed by atoms with van der Waals surface area (Å²) in [6.45, 7) is 0. The molecule has 11 rings (SSSR count). The number of fused-ring (bicyclic) bond motifs is 6. The summed E-state index contributed by atoms with van der Waals surface area (Å²) in [5.41, 5.74) is 14.5. The summed E-state index contributed by atoms with van der Waals surface area (Å²) >= 11 is 1.86. The van der Waals surface area contributed by atoms with E-state index >= 15 is 0 Å². The summed E-state index contributed by atoms with van der Waals surface area (Å²) in [4.78, 5) is 2.42. The highest BCUT2D eigenvalue weighted by Crippen LogP contribution is 2.48. The molecule has 0 aliphatic heterocycles. The van der Waals surface area contributed by atoms with Gasteiger partial charge in [-0.1, -0.05) is 164 Å². The van der Waals surface area contributed by atoms with E-state index in [9.17, 15) is 0 Å². The van der Waals surface area contributed by atoms with Gasteiger partial charge in [-0.05, 0) is 87.5 Å². The van der Waals surface area contributed by atoms with E-state index in [4.69, 9.17) is 4.42 Å². The second-order valence-corrected chi connectivity index (χ2v) is 15.5. The van der Waals surface area contributed by atoms with Gasteiger partial charge in [0.15, 0.2) is 0 Å². The lowest BCUT2D eigenvalue weighted by atomic mass is 9.98. The van der Waals surface area contributed by atoms with E-state index < -0.39 is 0 Å². The maximum atomic E-state index is 6.62. The Morgan fingerprint density at radius 2 is 0.912 bits per heavy atom. The minimum absolute atomic E-state index is 0.890. The van der Waals surface area contributed by atoms with Crippen molar-refractivity contribution >= 4 is 70.5 Å². The van der Waals surface area contributed by atoms with Crippen LogP contribution in [0, 0.1) is 0 Å². The summed E-state index contributed by atoms with van der Waals surface area (Å²) < 4.78 is 9.16. The molecule has 0 amide bonds. The zero-order valence-electron chi connectivity index (χ0n) is 31.0. The maximum absolute atomic E-state index is 6.62. The third kappa shape index (κ3) is 5.80. The average Bonchev–Trinajstić information content (AvgIpc) is 3.87. The number of nitrogens with zero attached hydrogens (tertiary/aromatic N) is 1. The highest BCUT2D eigenvalue weighted by molar-refractivity contribution is 7.26. The first kappa shape index (κ1) is 33.2. The van der Waals surface area contributed by atoms with Crippen molar-refractivity contribution < 1.29 is 4.42 Å². The number of anilines is 3. The van der Waals surface area contributed by atoms with Crippen LogP contribution >= 0.6 is 11.3 Å². The second-order valence-electron chi connectivity index (χ2n) is 14.5. The van der Waals surface area contributed by atoms with Gasteiger partial charge in [0.2, 0.25) is 0 Å². The Hall–Kier alpha value is -7.20. The fourth-order valence-corrected chi connectivity index (χ4v) is 9.57. The first-order chi connectivity index (χ1) is 28.3. The molecular weight excluding hydrogens is 711 g/mol. The quantitative estimate of drug-likeness (QED) is 0.162. The Balaban J connectivity index is 1.04. The van der Waals surface area contributed by atoms with Crippen LogP contribution in [0.3, 0.4) is 0 Å². The van der Waals surface area contributed by atoms with Crippen molar-refractivity contribution in [3.8, 4) is 44.5 Å². The molecule has 0 radical (unpaired) electrons. The molecule has 0 unspecified atom stereocenters. The van der Waals surface area contributed by atoms with Crippen molar-refractivity contribution in [3.05, 3.63) is 212 Å². The molecule has 268 valence electrons. The van der Waals surface area contributed by atoms with Gasteiger partial charge < -0.3 is 9.32 Å². The van der Waals surface area contributed by atoms with Crippen molar-refractivity contribution in [2.75, 3.05) is 4.90 Å². The van der Waals surface area contributed by atoms with Crippen molar-refractivity contribution in [3.63, 3.8) is 0 Å². The molecule has 2 aromatic heterocycles. The van der Waals surface area contributed by atoms with Crippen molar-refractivity contribution in [2.45, 2.75) is 0 Å². The van der Waals surface area contributed by atoms with Gasteiger partial charge in [0.05, 0.1) is 10.4 Å². The number of benzene rings is 9. The van der Waals surface area contributed by atoms with Crippen LogP contribution < -0.4 is 4.90 Å². The second kappa shape index (κ2) is 13.8. The molecular formula is C54H35NOS. The highest BCUT2D eigenvalue weighted by atomic mass is 32.1. The van der Waals surface area contributed by atoms with E-state index in [2.05, 4.69) is 211 Å². The molecule has 3 heteroatoms. The Morgan fingerprint density at radius 1 is 0.368 bits per heavy atom. The SMILES string of the molecule is c1ccc(-c2ccc(N(c3ccc(-c4ccc5c(c4)oc4c(-c6ccccc6)cccc45)cc3)c3ccc(-c4ccccc4)c4c3sc3ccccc34)cc2)cc1. The summed E-state index contributed by atoms with van der Waals surface area (Å²) in [7, 11) is 0. The van der Waals surface area contributed by atoms with E-state index in [-0.39, 0.29) is 0 Å². The largest absolute Gasteiger partial charge is 0.455 e. The van der Waals surface area contributed by atoms with Crippen LogP contribution in [0.2, 0.25) is 0 Å². The molecule has 2 heterocycles. The van der Waals surface area contributed by atoms with Crippen LogP contribution in [0.4, 0.5) is 17.1 Å². The molecule has 0 spiro atoms. The average molecular weight is 746 g/mol. The van der Waals surface area contributed by atoms with Crippen LogP contribution in [-0.2, 0) is 0 Å². The van der Waals surface area contributed by atoms with Crippen molar-refractivity contribution in [2.24, 2.45) is 0 Å². The Bertz CT molecular complexity index is 3200. The standard InChI is InChI=1S/C54H35NOS/c1-4-13-36(14-5-1)37-23-28-42(29-24-37)55(49-34-33-44(39-15-6-2-7-16-39)52-48-19-10-11-22-51(48)57-54(49)52)43-30-25-38(26-31-43)41-27-32-46-47-21-12-20-45(40-17-8-3-9-18-40)53(47)56-50(46)35-41/h1-35H. The molecule has 0 atom stereocenters. The van der Waals surface area contributed by atoms with Gasteiger partial charge >= 0.3 is 0 Å². The van der Waals surface area contributed by atoms with E-state index in [0.29, 0.717) is 0 Å². The van der Waals surface area contributed by atoms with Gasteiger partial charge in [-0.2, -0.15) is 0 Å². The third-order valence-corrected chi connectivity index (χ3v) is 12.3. The smallest absolute Gasteiger partial charge is 0.143 e. The molecule has 0 N–H and O–H groups in total. The molecule has 11 aromatic rings. The maximum Gasteiger partial charge on any atom is 0.143 e. The fourth-order valence-electron chi connectivity index (χ4n) is 8.34. The number of furan rings is 1. The Labute approximate surface area is 335 Å². The van der Waals surface area contributed by atoms with E-state index in [1.54, 1.807) is 0 Å². The number of para-hydroxylation sites is 1. The molecule has 2 nitrogen and oxygen atoms in total. The summed E-state index contributed by atoms with van der Waals surface area (Å²) in [5.74, 6) is 0. The predicted molar refractivity (Wildman–Crippen MR) is 243 cm³/mol. The van der Waals surface area contributed by atoms with E-state index in [1.165, 1.54) is 42.4 Å². The first-order valence-electron chi connectivity index (χ1n) is 19.3. The Kier molecular flexibility index (Phi) is 8.04. The van der Waals surface area contributed by atoms with Gasteiger partial charge in [0, 0.05) is 43.2 Å². The van der Waals surface area contributed by atoms with E-state index in [1.807, 2.05) is 17.4 Å². The molecule has 0 fully saturated rings. The molecule has 0 saturated heterocycles. The zero-order valence-corrected chi connectivity index (χ0v) is 31.8. The zero-order chi connectivity index (χ0) is 37.7. The summed E-state index contributed by atoms with van der Waals surface area (Å²) in [6, 6.07) is 76.2. The van der Waals surface area contributed by atoms with Gasteiger partial charge in [-0.3, -0.25) is 0 Å². The topological polar surface area (TPSA) is 16.4 Å². The molecule has 9 aromatic carbocycles. The van der Waals surface area contributed by atoms with Crippen LogP contribution in [0.1, 0.15) is 0 Å². The number of hydrogen-bond acceptors (Lipinski definition) is 3. The first-order valence-corrected chi connectivity index (χ1v) is 20.1. The van der Waals surface area contributed by atoms with E-state index in [0.717, 1.165) is 61.3 Å². The molecule has 0 aliphatic carbocycles. The fraction of sp³-hybridized carbons (Fsp3) is 0. The van der Waals surface area contributed by atoms with Gasteiger partial charge in [-0.15, -0.1) is 11.3 Å². The predicted octanol–water partition coefficient (Wildman–Crippen LogP) is 16.1. The lowest BCUT2D eigenvalue weighted by molar-refractivity contribution is 0.670. The number of hydrogen-bond donors (Lipinski definition) is 0.